The normalized spacial score (nSPS) is 29.3. The van der Waals surface area contributed by atoms with Gasteiger partial charge in [0.25, 0.3) is 0 Å². The lowest BCUT2D eigenvalue weighted by atomic mass is 9.79. The first-order valence-electron chi connectivity index (χ1n) is 7.01. The molecule has 4 nitrogen and oxygen atoms in total. The number of nitrogens with one attached hydrogen (secondary N) is 1. The fraction of sp³-hybridized carbons (Fsp3) is 1.00. The Labute approximate surface area is 121 Å². The van der Waals surface area contributed by atoms with Crippen LogP contribution in [0, 0.1) is 5.92 Å². The molecule has 0 aromatic rings. The highest BCUT2D eigenvalue weighted by Crippen LogP contribution is 2.40. The zero-order chi connectivity index (χ0) is 13.9. The number of thioether (sulfide) groups is 1. The highest BCUT2D eigenvalue weighted by Gasteiger charge is 2.41. The monoisotopic (exact) mass is 307 g/mol. The zero-order valence-electron chi connectivity index (χ0n) is 11.9. The van der Waals surface area contributed by atoms with E-state index in [0.29, 0.717) is 5.92 Å². The molecule has 2 heterocycles. The van der Waals surface area contributed by atoms with E-state index in [9.17, 15) is 8.42 Å². The second-order valence-electron chi connectivity index (χ2n) is 5.88. The highest BCUT2D eigenvalue weighted by atomic mass is 32.2. The van der Waals surface area contributed by atoms with Crippen LogP contribution in [0.5, 0.6) is 0 Å². The van der Waals surface area contributed by atoms with Crippen LogP contribution in [-0.4, -0.2) is 57.2 Å². The molecular formula is C13H25NO3S2. The van der Waals surface area contributed by atoms with Gasteiger partial charge in [-0.1, -0.05) is 0 Å². The summed E-state index contributed by atoms with van der Waals surface area (Å²) in [6.45, 7) is 0.775. The van der Waals surface area contributed by atoms with Gasteiger partial charge < -0.3 is 10.1 Å². The standard InChI is InChI=1S/C13H25NO3S2/c1-14-12(10-19(2,15)16)11-3-6-17-13(9-11)4-7-18-8-5-13/h11-12,14H,3-10H2,1-2H3. The summed E-state index contributed by atoms with van der Waals surface area (Å²) < 4.78 is 29.1. The molecule has 6 heteroatoms. The first kappa shape index (κ1) is 15.6. The van der Waals surface area contributed by atoms with E-state index in [0.717, 1.165) is 32.3 Å². The maximum absolute atomic E-state index is 11.5. The van der Waals surface area contributed by atoms with Crippen LogP contribution in [0.25, 0.3) is 0 Å². The fourth-order valence-corrected chi connectivity index (χ4v) is 5.61. The van der Waals surface area contributed by atoms with Gasteiger partial charge in [0.15, 0.2) is 0 Å². The topological polar surface area (TPSA) is 55.4 Å². The summed E-state index contributed by atoms with van der Waals surface area (Å²) in [6, 6.07) is 0.0605. The number of sulfone groups is 1. The molecule has 1 N–H and O–H groups in total. The molecule has 2 saturated heterocycles. The van der Waals surface area contributed by atoms with E-state index in [1.165, 1.54) is 17.8 Å². The molecule has 0 saturated carbocycles. The van der Waals surface area contributed by atoms with Gasteiger partial charge in [-0.25, -0.2) is 8.42 Å². The van der Waals surface area contributed by atoms with Gasteiger partial charge in [-0.3, -0.25) is 0 Å². The molecule has 19 heavy (non-hydrogen) atoms. The Balaban J connectivity index is 2.02. The van der Waals surface area contributed by atoms with E-state index in [-0.39, 0.29) is 17.4 Å². The Hall–Kier alpha value is 0.220. The summed E-state index contributed by atoms with van der Waals surface area (Å²) in [4.78, 5) is 0. The Kier molecular flexibility index (Phi) is 5.20. The summed E-state index contributed by atoms with van der Waals surface area (Å²) in [5, 5.41) is 3.21. The second kappa shape index (κ2) is 6.33. The lowest BCUT2D eigenvalue weighted by molar-refractivity contribution is -0.106. The van der Waals surface area contributed by atoms with Gasteiger partial charge in [0, 0.05) is 18.9 Å². The summed E-state index contributed by atoms with van der Waals surface area (Å²) in [6.07, 6.45) is 5.53. The van der Waals surface area contributed by atoms with Gasteiger partial charge in [-0.05, 0) is 50.2 Å². The summed E-state index contributed by atoms with van der Waals surface area (Å²) in [5.74, 6) is 2.99. The quantitative estimate of drug-likeness (QED) is 0.849. The molecule has 0 aliphatic carbocycles. The van der Waals surface area contributed by atoms with E-state index in [1.54, 1.807) is 0 Å². The predicted molar refractivity (Wildman–Crippen MR) is 80.5 cm³/mol. The average molecular weight is 307 g/mol. The third-order valence-electron chi connectivity index (χ3n) is 4.36. The van der Waals surface area contributed by atoms with Crippen molar-refractivity contribution in [2.75, 3.05) is 37.2 Å². The molecule has 0 amide bonds. The minimum atomic E-state index is -2.93. The van der Waals surface area contributed by atoms with Crippen LogP contribution in [0.4, 0.5) is 0 Å². The molecule has 0 aromatic carbocycles. The molecule has 1 spiro atoms. The minimum absolute atomic E-state index is 0.0285. The Bertz CT molecular complexity index is 385. The number of rotatable bonds is 4. The van der Waals surface area contributed by atoms with E-state index < -0.39 is 9.84 Å². The van der Waals surface area contributed by atoms with E-state index >= 15 is 0 Å². The first-order chi connectivity index (χ1) is 8.94. The third-order valence-corrected chi connectivity index (χ3v) is 6.31. The number of hydrogen-bond donors (Lipinski definition) is 1. The van der Waals surface area contributed by atoms with Crippen LogP contribution in [0.3, 0.4) is 0 Å². The van der Waals surface area contributed by atoms with Crippen LogP contribution in [0.2, 0.25) is 0 Å². The van der Waals surface area contributed by atoms with E-state index in [1.807, 2.05) is 18.8 Å². The molecule has 2 aliphatic heterocycles. The van der Waals surface area contributed by atoms with Gasteiger partial charge in [-0.2, -0.15) is 11.8 Å². The average Bonchev–Trinajstić information content (AvgIpc) is 2.36. The van der Waals surface area contributed by atoms with E-state index in [4.69, 9.17) is 4.74 Å². The van der Waals surface area contributed by atoms with Gasteiger partial charge in [0.2, 0.25) is 0 Å². The Morgan fingerprint density at radius 2 is 2.11 bits per heavy atom. The van der Waals surface area contributed by atoms with Crippen molar-refractivity contribution in [2.24, 2.45) is 5.92 Å². The largest absolute Gasteiger partial charge is 0.375 e. The lowest BCUT2D eigenvalue weighted by Crippen LogP contribution is -2.49. The van der Waals surface area contributed by atoms with Crippen molar-refractivity contribution in [1.82, 2.24) is 5.32 Å². The van der Waals surface area contributed by atoms with Crippen molar-refractivity contribution in [2.45, 2.75) is 37.3 Å². The van der Waals surface area contributed by atoms with Crippen molar-refractivity contribution >= 4 is 21.6 Å². The fourth-order valence-electron chi connectivity index (χ4n) is 3.28. The van der Waals surface area contributed by atoms with Gasteiger partial charge >= 0.3 is 0 Å². The van der Waals surface area contributed by atoms with Gasteiger partial charge in [0.1, 0.15) is 9.84 Å². The molecule has 2 fully saturated rings. The van der Waals surface area contributed by atoms with Crippen molar-refractivity contribution in [3.05, 3.63) is 0 Å². The molecule has 2 atom stereocenters. The van der Waals surface area contributed by atoms with E-state index in [2.05, 4.69) is 5.32 Å². The van der Waals surface area contributed by atoms with Crippen LogP contribution in [0.1, 0.15) is 25.7 Å². The van der Waals surface area contributed by atoms with Crippen molar-refractivity contribution in [3.8, 4) is 0 Å². The van der Waals surface area contributed by atoms with Gasteiger partial charge in [0.05, 0.1) is 11.4 Å². The number of ether oxygens (including phenoxy) is 1. The molecule has 2 aliphatic rings. The van der Waals surface area contributed by atoms with Crippen LogP contribution < -0.4 is 5.32 Å². The first-order valence-corrected chi connectivity index (χ1v) is 10.2. The molecule has 2 rings (SSSR count). The van der Waals surface area contributed by atoms with Gasteiger partial charge in [-0.15, -0.1) is 0 Å². The molecule has 0 bridgehead atoms. The summed E-state index contributed by atoms with van der Waals surface area (Å²) in [7, 11) is -1.06. The minimum Gasteiger partial charge on any atom is -0.375 e. The molecule has 2 unspecified atom stereocenters. The van der Waals surface area contributed by atoms with Crippen LogP contribution in [-0.2, 0) is 14.6 Å². The smallest absolute Gasteiger partial charge is 0.148 e. The van der Waals surface area contributed by atoms with Crippen molar-refractivity contribution in [1.29, 1.82) is 0 Å². The predicted octanol–water partition coefficient (Wildman–Crippen LogP) is 1.31. The molecule has 0 radical (unpaired) electrons. The van der Waals surface area contributed by atoms with Crippen LogP contribution in [0.15, 0.2) is 0 Å². The van der Waals surface area contributed by atoms with Crippen molar-refractivity contribution in [3.63, 3.8) is 0 Å². The molecule has 0 aromatic heterocycles. The number of hydrogen-bond acceptors (Lipinski definition) is 5. The summed E-state index contributed by atoms with van der Waals surface area (Å²) >= 11 is 2.00. The zero-order valence-corrected chi connectivity index (χ0v) is 13.5. The Morgan fingerprint density at radius 3 is 2.68 bits per heavy atom. The highest BCUT2D eigenvalue weighted by molar-refractivity contribution is 7.99. The molecular weight excluding hydrogens is 282 g/mol. The maximum atomic E-state index is 11.5. The van der Waals surface area contributed by atoms with Crippen LogP contribution >= 0.6 is 11.8 Å². The molecule has 112 valence electrons. The Morgan fingerprint density at radius 1 is 1.42 bits per heavy atom. The second-order valence-corrected chi connectivity index (χ2v) is 9.29. The maximum Gasteiger partial charge on any atom is 0.148 e. The SMILES string of the molecule is CNC(CS(C)(=O)=O)C1CCOC2(CCSCC2)C1. The lowest BCUT2D eigenvalue weighted by Gasteiger charge is -2.45. The summed E-state index contributed by atoms with van der Waals surface area (Å²) in [5.41, 5.74) is 0.0285. The van der Waals surface area contributed by atoms with Crippen molar-refractivity contribution < 1.29 is 13.2 Å². The third kappa shape index (κ3) is 4.34.